The second kappa shape index (κ2) is 5.55. The molecule has 3 heteroatoms. The predicted molar refractivity (Wildman–Crippen MR) is 82.7 cm³/mol. The van der Waals surface area contributed by atoms with Crippen molar-refractivity contribution in [2.24, 2.45) is 0 Å². The summed E-state index contributed by atoms with van der Waals surface area (Å²) in [5.74, 6) is 0. The molecule has 3 rings (SSSR count). The zero-order chi connectivity index (χ0) is 13.3. The number of nitrogens with zero attached hydrogens (tertiary/aromatic N) is 1. The van der Waals surface area contributed by atoms with Crippen LogP contribution < -0.4 is 5.32 Å². The average molecular weight is 278 g/mol. The van der Waals surface area contributed by atoms with E-state index in [0.29, 0.717) is 11.6 Å². The van der Waals surface area contributed by atoms with Crippen LogP contribution in [0.25, 0.3) is 0 Å². The third kappa shape index (κ3) is 2.74. The minimum atomic E-state index is 0.440. The van der Waals surface area contributed by atoms with Gasteiger partial charge >= 0.3 is 0 Å². The minimum Gasteiger partial charge on any atom is -0.308 e. The lowest BCUT2D eigenvalue weighted by Gasteiger charge is -2.46. The van der Waals surface area contributed by atoms with Crippen molar-refractivity contribution in [3.8, 4) is 0 Å². The summed E-state index contributed by atoms with van der Waals surface area (Å²) in [5.41, 5.74) is 3.45. The molecule has 1 N–H and O–H groups in total. The molecule has 2 nitrogen and oxygen atoms in total. The molecule has 1 aromatic rings. The molecule has 2 fully saturated rings. The summed E-state index contributed by atoms with van der Waals surface area (Å²) in [7, 11) is 0. The summed E-state index contributed by atoms with van der Waals surface area (Å²) in [6.45, 7) is 8.16. The topological polar surface area (TPSA) is 15.3 Å². The van der Waals surface area contributed by atoms with Gasteiger partial charge in [0.2, 0.25) is 0 Å². The monoisotopic (exact) mass is 278 g/mol. The third-order valence-corrected chi connectivity index (χ3v) is 6.01. The van der Waals surface area contributed by atoms with Crippen LogP contribution in [-0.2, 0) is 6.54 Å². The van der Waals surface area contributed by atoms with Gasteiger partial charge in [-0.2, -0.15) is 11.3 Å². The van der Waals surface area contributed by atoms with Crippen LogP contribution in [0.2, 0.25) is 0 Å². The summed E-state index contributed by atoms with van der Waals surface area (Å²) < 4.78 is 0. The molecule has 1 aromatic heterocycles. The van der Waals surface area contributed by atoms with Gasteiger partial charge in [0.1, 0.15) is 0 Å². The van der Waals surface area contributed by atoms with Crippen molar-refractivity contribution >= 4 is 11.3 Å². The van der Waals surface area contributed by atoms with Gasteiger partial charge in [0.15, 0.2) is 0 Å². The normalized spacial score (nSPS) is 27.2. The molecule has 1 atom stereocenters. The first-order valence-corrected chi connectivity index (χ1v) is 8.67. The molecule has 0 bridgehead atoms. The molecule has 0 radical (unpaired) electrons. The highest BCUT2D eigenvalue weighted by molar-refractivity contribution is 7.08. The molecule has 0 aromatic carbocycles. The van der Waals surface area contributed by atoms with E-state index in [0.717, 1.165) is 6.54 Å². The van der Waals surface area contributed by atoms with Gasteiger partial charge in [0.05, 0.1) is 0 Å². The Hall–Kier alpha value is -0.380. The number of piperazine rings is 1. The lowest BCUT2D eigenvalue weighted by atomic mass is 9.91. The van der Waals surface area contributed by atoms with Gasteiger partial charge in [0.25, 0.3) is 0 Å². The van der Waals surface area contributed by atoms with E-state index >= 15 is 0 Å². The number of rotatable bonds is 3. The van der Waals surface area contributed by atoms with Crippen molar-refractivity contribution in [1.82, 2.24) is 10.2 Å². The molecule has 1 spiro atoms. The van der Waals surface area contributed by atoms with E-state index in [1.54, 1.807) is 5.56 Å². The maximum atomic E-state index is 3.88. The Labute approximate surface area is 121 Å². The molecule has 2 heterocycles. The van der Waals surface area contributed by atoms with Gasteiger partial charge in [-0.3, -0.25) is 4.90 Å². The van der Waals surface area contributed by atoms with Gasteiger partial charge in [-0.15, -0.1) is 0 Å². The number of aryl methyl sites for hydroxylation is 1. The van der Waals surface area contributed by atoms with Crippen LogP contribution in [0.3, 0.4) is 0 Å². The largest absolute Gasteiger partial charge is 0.308 e. The molecule has 0 amide bonds. The fourth-order valence-electron chi connectivity index (χ4n) is 3.78. The van der Waals surface area contributed by atoms with Gasteiger partial charge < -0.3 is 5.32 Å². The zero-order valence-corrected chi connectivity index (χ0v) is 13.1. The maximum Gasteiger partial charge on any atom is 0.0309 e. The van der Waals surface area contributed by atoms with E-state index < -0.39 is 0 Å². The summed E-state index contributed by atoms with van der Waals surface area (Å²) in [4.78, 5) is 2.75. The fourth-order valence-corrected chi connectivity index (χ4v) is 4.63. The molecule has 19 heavy (non-hydrogen) atoms. The van der Waals surface area contributed by atoms with Crippen molar-refractivity contribution in [2.45, 2.75) is 64.1 Å². The number of thiophene rings is 1. The third-order valence-electron chi connectivity index (χ3n) is 5.10. The Morgan fingerprint density at radius 1 is 1.37 bits per heavy atom. The predicted octanol–water partition coefficient (Wildman–Crippen LogP) is 3.55. The highest BCUT2D eigenvalue weighted by Crippen LogP contribution is 2.34. The van der Waals surface area contributed by atoms with Crippen LogP contribution in [0.15, 0.2) is 10.8 Å². The second-order valence-corrected chi connectivity index (χ2v) is 7.16. The fraction of sp³-hybridized carbons (Fsp3) is 0.750. The van der Waals surface area contributed by atoms with Crippen molar-refractivity contribution < 1.29 is 0 Å². The van der Waals surface area contributed by atoms with E-state index in [4.69, 9.17) is 0 Å². The van der Waals surface area contributed by atoms with E-state index in [1.165, 1.54) is 50.8 Å². The van der Waals surface area contributed by atoms with E-state index in [9.17, 15) is 0 Å². The Balaban J connectivity index is 1.74. The minimum absolute atomic E-state index is 0.440. The summed E-state index contributed by atoms with van der Waals surface area (Å²) in [6, 6.07) is 0.713. The summed E-state index contributed by atoms with van der Waals surface area (Å²) in [6.07, 6.45) is 6.83. The second-order valence-electron chi connectivity index (χ2n) is 6.42. The van der Waals surface area contributed by atoms with Crippen molar-refractivity contribution in [3.63, 3.8) is 0 Å². The number of hydrogen-bond donors (Lipinski definition) is 1. The summed E-state index contributed by atoms with van der Waals surface area (Å²) >= 11 is 1.85. The van der Waals surface area contributed by atoms with Crippen LogP contribution >= 0.6 is 11.3 Å². The van der Waals surface area contributed by atoms with Gasteiger partial charge in [-0.1, -0.05) is 19.8 Å². The number of hydrogen-bond acceptors (Lipinski definition) is 3. The molecule has 2 aliphatic rings. The Kier molecular flexibility index (Phi) is 3.97. The van der Waals surface area contributed by atoms with Crippen LogP contribution in [0.5, 0.6) is 0 Å². The average Bonchev–Trinajstić information content (AvgIpc) is 3.01. The highest BCUT2D eigenvalue weighted by Gasteiger charge is 2.40. The van der Waals surface area contributed by atoms with Crippen molar-refractivity contribution in [1.29, 1.82) is 0 Å². The Morgan fingerprint density at radius 2 is 2.16 bits per heavy atom. The Morgan fingerprint density at radius 3 is 2.79 bits per heavy atom. The van der Waals surface area contributed by atoms with E-state index in [2.05, 4.69) is 34.8 Å². The SMILES string of the molecule is CCC1CNC2(CCCC2)CN1Cc1cscc1C. The van der Waals surface area contributed by atoms with Gasteiger partial charge in [0, 0.05) is 31.2 Å². The zero-order valence-electron chi connectivity index (χ0n) is 12.2. The summed E-state index contributed by atoms with van der Waals surface area (Å²) in [5, 5.41) is 8.50. The molecule has 1 saturated carbocycles. The molecule has 1 aliphatic heterocycles. The van der Waals surface area contributed by atoms with Crippen LogP contribution in [-0.4, -0.2) is 29.6 Å². The first-order valence-electron chi connectivity index (χ1n) is 7.73. The van der Waals surface area contributed by atoms with Crippen molar-refractivity contribution in [3.05, 3.63) is 21.9 Å². The molecule has 1 aliphatic carbocycles. The molecular formula is C16H26N2S. The quantitative estimate of drug-likeness (QED) is 0.909. The maximum absolute atomic E-state index is 3.88. The molecular weight excluding hydrogens is 252 g/mol. The number of nitrogens with one attached hydrogen (secondary N) is 1. The van der Waals surface area contributed by atoms with Crippen molar-refractivity contribution in [2.75, 3.05) is 13.1 Å². The smallest absolute Gasteiger partial charge is 0.0309 e. The highest BCUT2D eigenvalue weighted by atomic mass is 32.1. The molecule has 1 saturated heterocycles. The van der Waals surface area contributed by atoms with E-state index in [-0.39, 0.29) is 0 Å². The van der Waals surface area contributed by atoms with Gasteiger partial charge in [-0.25, -0.2) is 0 Å². The first-order chi connectivity index (χ1) is 9.22. The lowest BCUT2D eigenvalue weighted by Crippen LogP contribution is -2.62. The lowest BCUT2D eigenvalue weighted by molar-refractivity contribution is 0.0718. The van der Waals surface area contributed by atoms with Crippen LogP contribution in [0, 0.1) is 6.92 Å². The standard InChI is InChI=1S/C16H26N2S/c1-3-15-8-17-16(6-4-5-7-16)12-18(15)9-14-11-19-10-13(14)2/h10-11,15,17H,3-9,12H2,1-2H3. The van der Waals surface area contributed by atoms with Crippen LogP contribution in [0.4, 0.5) is 0 Å². The molecule has 106 valence electrons. The molecule has 1 unspecified atom stereocenters. The first kappa shape index (κ1) is 13.6. The van der Waals surface area contributed by atoms with Crippen LogP contribution in [0.1, 0.15) is 50.2 Å². The van der Waals surface area contributed by atoms with Gasteiger partial charge in [-0.05, 0) is 48.1 Å². The Bertz CT molecular complexity index is 420. The van der Waals surface area contributed by atoms with E-state index in [1.807, 2.05) is 11.3 Å².